The Morgan fingerprint density at radius 1 is 0.727 bits per heavy atom. The molecule has 0 saturated carbocycles. The van der Waals surface area contributed by atoms with Gasteiger partial charge in [0.1, 0.15) is 5.41 Å². The van der Waals surface area contributed by atoms with Crippen LogP contribution >= 0.6 is 0 Å². The summed E-state index contributed by atoms with van der Waals surface area (Å²) in [4.78, 5) is 0. The maximum atomic E-state index is 3.85. The maximum Gasteiger partial charge on any atom is 0.127 e. The van der Waals surface area contributed by atoms with Crippen molar-refractivity contribution in [2.45, 2.75) is 0 Å². The molecule has 2 N–H and O–H groups in total. The van der Waals surface area contributed by atoms with E-state index in [2.05, 4.69) is 36.9 Å². The summed E-state index contributed by atoms with van der Waals surface area (Å²) in [5.41, 5.74) is 3.49. The quantitative estimate of drug-likeness (QED) is 0.537. The Labute approximate surface area is 66.0 Å². The Kier molecular flexibility index (Phi) is 0.811. The van der Waals surface area contributed by atoms with E-state index >= 15 is 0 Å². The second-order valence-corrected chi connectivity index (χ2v) is 2.91. The smallest absolute Gasteiger partial charge is 0.127 e. The maximum absolute atomic E-state index is 3.85. The van der Waals surface area contributed by atoms with E-state index in [1.807, 2.05) is 0 Å². The van der Waals surface area contributed by atoms with E-state index in [1.54, 1.807) is 0 Å². The number of hydrogen-bond acceptors (Lipinski definition) is 2. The third kappa shape index (κ3) is 0.394. The minimum atomic E-state index is -0.222. The van der Waals surface area contributed by atoms with E-state index in [0.29, 0.717) is 0 Å². The summed E-state index contributed by atoms with van der Waals surface area (Å²) >= 11 is 0. The fraction of sp³-hybridized carbons (Fsp3) is 0.111. The van der Waals surface area contributed by atoms with Crippen LogP contribution < -0.4 is 10.6 Å². The van der Waals surface area contributed by atoms with Gasteiger partial charge < -0.3 is 10.6 Å². The first-order valence-electron chi connectivity index (χ1n) is 3.41. The lowest BCUT2D eigenvalue weighted by molar-refractivity contribution is 0.347. The van der Waals surface area contributed by atoms with Crippen LogP contribution in [-0.2, 0) is 0 Å². The molecule has 11 heavy (non-hydrogen) atoms. The molecule has 2 nitrogen and oxygen atoms in total. The van der Waals surface area contributed by atoms with Gasteiger partial charge in [-0.05, 0) is 0 Å². The lowest BCUT2D eigenvalue weighted by Crippen LogP contribution is -2.61. The van der Waals surface area contributed by atoms with E-state index in [4.69, 9.17) is 0 Å². The van der Waals surface area contributed by atoms with Crippen LogP contribution in [0.15, 0.2) is 49.1 Å². The van der Waals surface area contributed by atoms with E-state index in [9.17, 15) is 0 Å². The number of nitrogens with one attached hydrogen (secondary N) is 2. The monoisotopic (exact) mass is 146 g/mol. The molecule has 2 fully saturated rings. The van der Waals surface area contributed by atoms with Crippen molar-refractivity contribution in [1.82, 2.24) is 10.6 Å². The van der Waals surface area contributed by atoms with Crippen LogP contribution in [0.3, 0.4) is 0 Å². The summed E-state index contributed by atoms with van der Waals surface area (Å²) in [5, 5.41) is 6.02. The summed E-state index contributed by atoms with van der Waals surface area (Å²) in [7, 11) is 0. The Morgan fingerprint density at radius 2 is 1.00 bits per heavy atom. The van der Waals surface area contributed by atoms with E-state index in [1.165, 1.54) is 0 Å². The molecule has 0 bridgehead atoms. The highest BCUT2D eigenvalue weighted by Gasteiger charge is 2.56. The lowest BCUT2D eigenvalue weighted by Gasteiger charge is -2.56. The van der Waals surface area contributed by atoms with Crippen molar-refractivity contribution in [2.24, 2.45) is 5.41 Å². The highest BCUT2D eigenvalue weighted by molar-refractivity contribution is 5.60. The Bertz CT molecular complexity index is 246. The molecule has 56 valence electrons. The van der Waals surface area contributed by atoms with E-state index in [0.717, 1.165) is 22.8 Å². The Hall–Kier alpha value is -1.44. The van der Waals surface area contributed by atoms with Gasteiger partial charge in [-0.15, -0.1) is 0 Å². The van der Waals surface area contributed by atoms with E-state index in [-0.39, 0.29) is 5.41 Å². The zero-order chi connectivity index (χ0) is 8.22. The van der Waals surface area contributed by atoms with Crippen LogP contribution in [0.2, 0.25) is 0 Å². The standard InChI is InChI=1S/C9H10N2/c1-5-9(6(2)10-5)7(3)11-8(9)4/h10-11H,1-4H2. The Morgan fingerprint density at radius 3 is 1.09 bits per heavy atom. The largest absolute Gasteiger partial charge is 0.360 e. The van der Waals surface area contributed by atoms with Gasteiger partial charge in [0, 0.05) is 22.8 Å². The molecule has 0 atom stereocenters. The van der Waals surface area contributed by atoms with Gasteiger partial charge in [-0.2, -0.15) is 0 Å². The average Bonchev–Trinajstić information content (AvgIpc) is 1.86. The van der Waals surface area contributed by atoms with E-state index < -0.39 is 0 Å². The van der Waals surface area contributed by atoms with Gasteiger partial charge in [-0.3, -0.25) is 0 Å². The Balaban J connectivity index is 2.49. The van der Waals surface area contributed by atoms with Crippen LogP contribution in [0.5, 0.6) is 0 Å². The fourth-order valence-corrected chi connectivity index (χ4v) is 1.71. The normalized spacial score (nSPS) is 25.5. The van der Waals surface area contributed by atoms with Crippen molar-refractivity contribution >= 4 is 0 Å². The first-order chi connectivity index (χ1) is 5.10. The predicted molar refractivity (Wildman–Crippen MR) is 45.3 cm³/mol. The van der Waals surface area contributed by atoms with Crippen LogP contribution in [-0.4, -0.2) is 0 Å². The molecule has 0 aliphatic carbocycles. The molecule has 0 radical (unpaired) electrons. The van der Waals surface area contributed by atoms with Crippen LogP contribution in [0.4, 0.5) is 0 Å². The van der Waals surface area contributed by atoms with Gasteiger partial charge >= 0.3 is 0 Å². The molecule has 2 heterocycles. The topological polar surface area (TPSA) is 24.1 Å². The second-order valence-electron chi connectivity index (χ2n) is 2.91. The first-order valence-corrected chi connectivity index (χ1v) is 3.41. The molecule has 1 spiro atoms. The number of hydrogen-bond donors (Lipinski definition) is 2. The zero-order valence-corrected chi connectivity index (χ0v) is 6.33. The molecule has 2 aliphatic heterocycles. The summed E-state index contributed by atoms with van der Waals surface area (Å²) < 4.78 is 0. The summed E-state index contributed by atoms with van der Waals surface area (Å²) in [6, 6.07) is 0. The molecule has 0 aromatic heterocycles. The minimum absolute atomic E-state index is 0.222. The van der Waals surface area contributed by atoms with Gasteiger partial charge in [-0.1, -0.05) is 26.3 Å². The zero-order valence-electron chi connectivity index (χ0n) is 6.33. The first kappa shape index (κ1) is 6.28. The van der Waals surface area contributed by atoms with Crippen LogP contribution in [0.25, 0.3) is 0 Å². The molecule has 2 saturated heterocycles. The van der Waals surface area contributed by atoms with Crippen LogP contribution in [0.1, 0.15) is 0 Å². The predicted octanol–water partition coefficient (Wildman–Crippen LogP) is 1.23. The highest BCUT2D eigenvalue weighted by atomic mass is 15.2. The van der Waals surface area contributed by atoms with Crippen LogP contribution in [0, 0.1) is 5.41 Å². The van der Waals surface area contributed by atoms with Gasteiger partial charge in [0.25, 0.3) is 0 Å². The molecular weight excluding hydrogens is 136 g/mol. The number of rotatable bonds is 0. The molecule has 2 heteroatoms. The lowest BCUT2D eigenvalue weighted by atomic mass is 9.65. The molecule has 2 aliphatic rings. The second kappa shape index (κ2) is 1.42. The van der Waals surface area contributed by atoms with Crippen molar-refractivity contribution in [3.05, 3.63) is 49.1 Å². The summed E-state index contributed by atoms with van der Waals surface area (Å²) in [5.74, 6) is 0. The van der Waals surface area contributed by atoms with Gasteiger partial charge in [0.2, 0.25) is 0 Å². The molecule has 0 unspecified atom stereocenters. The third-order valence-corrected chi connectivity index (χ3v) is 2.41. The molecule has 2 rings (SSSR count). The van der Waals surface area contributed by atoms with Gasteiger partial charge in [-0.25, -0.2) is 0 Å². The molecular formula is C9H10N2. The SMILES string of the molecule is C=C1NC(=C)C12C(=C)NC2=C. The van der Waals surface area contributed by atoms with Gasteiger partial charge in [0.05, 0.1) is 0 Å². The van der Waals surface area contributed by atoms with Crippen molar-refractivity contribution in [1.29, 1.82) is 0 Å². The van der Waals surface area contributed by atoms with Crippen molar-refractivity contribution in [3.63, 3.8) is 0 Å². The average molecular weight is 146 g/mol. The third-order valence-electron chi connectivity index (χ3n) is 2.41. The molecule has 0 aromatic rings. The van der Waals surface area contributed by atoms with Crippen molar-refractivity contribution in [3.8, 4) is 0 Å². The molecule has 0 amide bonds. The minimum Gasteiger partial charge on any atom is -0.360 e. The van der Waals surface area contributed by atoms with Gasteiger partial charge in [0.15, 0.2) is 0 Å². The fourth-order valence-electron chi connectivity index (χ4n) is 1.71. The summed E-state index contributed by atoms with van der Waals surface area (Å²) in [6.45, 7) is 15.4. The molecule has 0 aromatic carbocycles. The summed E-state index contributed by atoms with van der Waals surface area (Å²) in [6.07, 6.45) is 0. The van der Waals surface area contributed by atoms with Crippen molar-refractivity contribution < 1.29 is 0 Å². The van der Waals surface area contributed by atoms with Crippen molar-refractivity contribution in [2.75, 3.05) is 0 Å². The highest BCUT2D eigenvalue weighted by Crippen LogP contribution is 2.55.